The van der Waals surface area contributed by atoms with Gasteiger partial charge in [-0.1, -0.05) is 11.8 Å². The predicted octanol–water partition coefficient (Wildman–Crippen LogP) is 2.28. The van der Waals surface area contributed by atoms with Crippen LogP contribution < -0.4 is 11.1 Å². The van der Waals surface area contributed by atoms with Gasteiger partial charge >= 0.3 is 6.09 Å². The molecule has 0 aliphatic rings. The van der Waals surface area contributed by atoms with Crippen molar-refractivity contribution < 1.29 is 13.9 Å². The predicted molar refractivity (Wildman–Crippen MR) is 71.9 cm³/mol. The number of alkyl carbamates (subject to hydrolysis) is 1. The van der Waals surface area contributed by atoms with E-state index in [0.717, 1.165) is 0 Å². The minimum absolute atomic E-state index is 0.116. The molecule has 0 aliphatic heterocycles. The Morgan fingerprint density at radius 1 is 1.42 bits per heavy atom. The number of rotatable bonds is 1. The number of hydrogen-bond acceptors (Lipinski definition) is 3. The van der Waals surface area contributed by atoms with Crippen LogP contribution >= 0.6 is 0 Å². The van der Waals surface area contributed by atoms with Crippen molar-refractivity contribution in [3.05, 3.63) is 29.6 Å². The maximum absolute atomic E-state index is 13.0. The molecule has 102 valence electrons. The highest BCUT2D eigenvalue weighted by molar-refractivity contribution is 5.68. The molecule has 0 saturated heterocycles. The van der Waals surface area contributed by atoms with Crippen molar-refractivity contribution in [1.82, 2.24) is 5.32 Å². The van der Waals surface area contributed by atoms with E-state index in [4.69, 9.17) is 10.5 Å². The average Bonchev–Trinajstić information content (AvgIpc) is 2.20. The Morgan fingerprint density at radius 2 is 2.11 bits per heavy atom. The lowest BCUT2D eigenvalue weighted by Crippen LogP contribution is -2.32. The van der Waals surface area contributed by atoms with Crippen LogP contribution in [0.2, 0.25) is 0 Å². The number of nitrogen functional groups attached to an aromatic ring is 1. The zero-order chi connectivity index (χ0) is 14.5. The summed E-state index contributed by atoms with van der Waals surface area (Å²) in [5, 5.41) is 2.48. The zero-order valence-electron chi connectivity index (χ0n) is 11.2. The van der Waals surface area contributed by atoms with Crippen LogP contribution in [0.25, 0.3) is 0 Å². The quantitative estimate of drug-likeness (QED) is 0.604. The summed E-state index contributed by atoms with van der Waals surface area (Å²) in [6, 6.07) is 4.05. The molecule has 1 aromatic carbocycles. The van der Waals surface area contributed by atoms with E-state index in [1.807, 2.05) is 0 Å². The molecule has 0 spiro atoms. The van der Waals surface area contributed by atoms with Crippen LogP contribution in [0.5, 0.6) is 0 Å². The standard InChI is InChI=1S/C14H17FN2O2/c1-14(2,3)19-13(18)17-6-4-5-10-7-11(15)9-12(16)8-10/h7-9H,6,16H2,1-3H3,(H,17,18). The molecule has 0 bridgehead atoms. The van der Waals surface area contributed by atoms with Gasteiger partial charge in [-0.2, -0.15) is 0 Å². The highest BCUT2D eigenvalue weighted by atomic mass is 19.1. The number of ether oxygens (including phenoxy) is 1. The second-order valence-corrected chi connectivity index (χ2v) is 4.93. The number of anilines is 1. The van der Waals surface area contributed by atoms with E-state index in [9.17, 15) is 9.18 Å². The second-order valence-electron chi connectivity index (χ2n) is 4.93. The van der Waals surface area contributed by atoms with Crippen molar-refractivity contribution in [2.75, 3.05) is 12.3 Å². The molecule has 0 unspecified atom stereocenters. The van der Waals surface area contributed by atoms with E-state index in [1.54, 1.807) is 26.8 Å². The molecule has 19 heavy (non-hydrogen) atoms. The molecule has 0 aliphatic carbocycles. The minimum atomic E-state index is -0.547. The Morgan fingerprint density at radius 3 is 2.68 bits per heavy atom. The van der Waals surface area contributed by atoms with Crippen molar-refractivity contribution in [2.24, 2.45) is 0 Å². The number of carbonyl (C=O) groups is 1. The first kappa shape index (κ1) is 14.8. The van der Waals surface area contributed by atoms with Gasteiger partial charge in [-0.15, -0.1) is 0 Å². The van der Waals surface area contributed by atoms with Crippen molar-refractivity contribution in [3.63, 3.8) is 0 Å². The van der Waals surface area contributed by atoms with E-state index in [-0.39, 0.29) is 6.54 Å². The molecule has 1 amide bonds. The lowest BCUT2D eigenvalue weighted by molar-refractivity contribution is 0.0535. The van der Waals surface area contributed by atoms with E-state index in [1.165, 1.54) is 12.1 Å². The van der Waals surface area contributed by atoms with Crippen LogP contribution in [0.1, 0.15) is 26.3 Å². The fourth-order valence-corrected chi connectivity index (χ4v) is 1.26. The third kappa shape index (κ3) is 6.32. The Hall–Kier alpha value is -2.22. The SMILES string of the molecule is CC(C)(C)OC(=O)NCC#Cc1cc(N)cc(F)c1. The van der Waals surface area contributed by atoms with Crippen LogP contribution in [-0.2, 0) is 4.74 Å². The first-order valence-electron chi connectivity index (χ1n) is 5.78. The molecule has 5 heteroatoms. The average molecular weight is 264 g/mol. The normalized spacial score (nSPS) is 10.3. The first-order chi connectivity index (χ1) is 8.76. The smallest absolute Gasteiger partial charge is 0.408 e. The highest BCUT2D eigenvalue weighted by Gasteiger charge is 2.14. The summed E-state index contributed by atoms with van der Waals surface area (Å²) < 4.78 is 18.0. The fourth-order valence-electron chi connectivity index (χ4n) is 1.26. The molecule has 4 nitrogen and oxygen atoms in total. The number of nitrogens with two attached hydrogens (primary N) is 1. The first-order valence-corrected chi connectivity index (χ1v) is 5.78. The Balaban J connectivity index is 2.50. The molecule has 0 saturated carbocycles. The minimum Gasteiger partial charge on any atom is -0.444 e. The van der Waals surface area contributed by atoms with Gasteiger partial charge in [0.1, 0.15) is 11.4 Å². The summed E-state index contributed by atoms with van der Waals surface area (Å²) >= 11 is 0. The van der Waals surface area contributed by atoms with Gasteiger partial charge in [-0.3, -0.25) is 0 Å². The summed E-state index contributed by atoms with van der Waals surface area (Å²) in [7, 11) is 0. The largest absolute Gasteiger partial charge is 0.444 e. The third-order valence-corrected chi connectivity index (χ3v) is 1.87. The van der Waals surface area contributed by atoms with Crippen LogP contribution in [-0.4, -0.2) is 18.2 Å². The number of nitrogens with one attached hydrogen (secondary N) is 1. The summed E-state index contributed by atoms with van der Waals surface area (Å²) in [4.78, 5) is 11.3. The Kier molecular flexibility index (Phi) is 4.76. The fraction of sp³-hybridized carbons (Fsp3) is 0.357. The summed E-state index contributed by atoms with van der Waals surface area (Å²) in [6.45, 7) is 5.43. The molecule has 3 N–H and O–H groups in total. The molecular formula is C14H17FN2O2. The van der Waals surface area contributed by atoms with Crippen molar-refractivity contribution in [2.45, 2.75) is 26.4 Å². The molecular weight excluding hydrogens is 247 g/mol. The molecule has 0 fully saturated rings. The van der Waals surface area contributed by atoms with E-state index >= 15 is 0 Å². The van der Waals surface area contributed by atoms with Crippen molar-refractivity contribution in [1.29, 1.82) is 0 Å². The van der Waals surface area contributed by atoms with Gasteiger partial charge in [0.05, 0.1) is 6.54 Å². The molecule has 0 aromatic heterocycles. The molecule has 1 aromatic rings. The summed E-state index contributed by atoms with van der Waals surface area (Å²) in [5.41, 5.74) is 5.71. The van der Waals surface area contributed by atoms with E-state index in [0.29, 0.717) is 11.3 Å². The van der Waals surface area contributed by atoms with Gasteiger partial charge in [-0.25, -0.2) is 9.18 Å². The highest BCUT2D eigenvalue weighted by Crippen LogP contribution is 2.09. The van der Waals surface area contributed by atoms with Crippen LogP contribution in [0.4, 0.5) is 14.9 Å². The Bertz CT molecular complexity index is 504. The van der Waals surface area contributed by atoms with Gasteiger partial charge in [-0.05, 0) is 39.0 Å². The van der Waals surface area contributed by atoms with Gasteiger partial charge in [0, 0.05) is 11.3 Å². The Labute approximate surface area is 112 Å². The van der Waals surface area contributed by atoms with Gasteiger partial charge in [0.15, 0.2) is 0 Å². The number of hydrogen-bond donors (Lipinski definition) is 2. The molecule has 0 atom stereocenters. The van der Waals surface area contributed by atoms with E-state index < -0.39 is 17.5 Å². The number of benzene rings is 1. The third-order valence-electron chi connectivity index (χ3n) is 1.87. The lowest BCUT2D eigenvalue weighted by Gasteiger charge is -2.18. The maximum Gasteiger partial charge on any atom is 0.408 e. The second kappa shape index (κ2) is 6.10. The van der Waals surface area contributed by atoms with Crippen LogP contribution in [0, 0.1) is 17.7 Å². The van der Waals surface area contributed by atoms with E-state index in [2.05, 4.69) is 17.2 Å². The molecule has 0 heterocycles. The van der Waals surface area contributed by atoms with Crippen LogP contribution in [0.15, 0.2) is 18.2 Å². The van der Waals surface area contributed by atoms with Gasteiger partial charge in [0.2, 0.25) is 0 Å². The topological polar surface area (TPSA) is 64.3 Å². The number of amides is 1. The zero-order valence-corrected chi connectivity index (χ0v) is 11.2. The summed E-state index contributed by atoms with van der Waals surface area (Å²) in [5.74, 6) is 4.95. The lowest BCUT2D eigenvalue weighted by atomic mass is 10.2. The van der Waals surface area contributed by atoms with Crippen LogP contribution in [0.3, 0.4) is 0 Å². The van der Waals surface area contributed by atoms with Gasteiger partial charge < -0.3 is 15.8 Å². The maximum atomic E-state index is 13.0. The van der Waals surface area contributed by atoms with Gasteiger partial charge in [0.25, 0.3) is 0 Å². The molecule has 1 rings (SSSR count). The van der Waals surface area contributed by atoms with Crippen molar-refractivity contribution >= 4 is 11.8 Å². The molecule has 0 radical (unpaired) electrons. The number of halogens is 1. The summed E-state index contributed by atoms with van der Waals surface area (Å²) in [6.07, 6.45) is -0.541. The number of carbonyl (C=O) groups excluding carboxylic acids is 1. The van der Waals surface area contributed by atoms with Crippen molar-refractivity contribution in [3.8, 4) is 11.8 Å². The monoisotopic (exact) mass is 264 g/mol.